The summed E-state index contributed by atoms with van der Waals surface area (Å²) in [5.74, 6) is -2.97. The van der Waals surface area contributed by atoms with Crippen LogP contribution in [0, 0.1) is 0 Å². The number of aliphatic carboxylic acids is 2. The highest BCUT2D eigenvalue weighted by atomic mass is 16.4. The molecule has 0 aromatic heterocycles. The van der Waals surface area contributed by atoms with Crippen LogP contribution >= 0.6 is 0 Å². The van der Waals surface area contributed by atoms with Crippen LogP contribution in [0.15, 0.2) is 49.6 Å². The van der Waals surface area contributed by atoms with Crippen molar-refractivity contribution in [1.82, 2.24) is 0 Å². The van der Waals surface area contributed by atoms with Crippen molar-refractivity contribution in [3.8, 4) is 0 Å². The van der Waals surface area contributed by atoms with Crippen LogP contribution in [0.4, 0.5) is 0 Å². The molecule has 0 radical (unpaired) electrons. The predicted octanol–water partition coefficient (Wildman–Crippen LogP) is -0.0265. The third-order valence-corrected chi connectivity index (χ3v) is 1.19. The van der Waals surface area contributed by atoms with Crippen molar-refractivity contribution in [1.29, 1.82) is 0 Å². The number of amides is 2. The Kier molecular flexibility index (Phi) is 18.4. The summed E-state index contributed by atoms with van der Waals surface area (Å²) in [6, 6.07) is 0. The summed E-state index contributed by atoms with van der Waals surface area (Å²) < 4.78 is 0. The van der Waals surface area contributed by atoms with E-state index in [4.69, 9.17) is 21.7 Å². The van der Waals surface area contributed by atoms with E-state index in [1.807, 2.05) is 0 Å². The smallest absolute Gasteiger partial charge is 0.327 e. The molecule has 0 unspecified atom stereocenters. The topological polar surface area (TPSA) is 161 Å². The van der Waals surface area contributed by atoms with Crippen molar-refractivity contribution in [3.05, 3.63) is 49.6 Å². The van der Waals surface area contributed by atoms with E-state index >= 15 is 0 Å². The van der Waals surface area contributed by atoms with Crippen LogP contribution in [0.2, 0.25) is 0 Å². The lowest BCUT2D eigenvalue weighted by Gasteiger charge is -1.80. The van der Waals surface area contributed by atoms with Gasteiger partial charge in [0.15, 0.2) is 0 Å². The van der Waals surface area contributed by atoms with Crippen LogP contribution in [0.3, 0.4) is 0 Å². The van der Waals surface area contributed by atoms with E-state index in [1.54, 1.807) is 12.2 Å². The van der Waals surface area contributed by atoms with Gasteiger partial charge in [-0.25, -0.2) is 9.59 Å². The summed E-state index contributed by atoms with van der Waals surface area (Å²) in [5.41, 5.74) is 9.59. The molecule has 21 heavy (non-hydrogen) atoms. The molecule has 0 rings (SSSR count). The largest absolute Gasteiger partial charge is 0.478 e. The van der Waals surface area contributed by atoms with Gasteiger partial charge in [0.2, 0.25) is 11.8 Å². The maximum absolute atomic E-state index is 10.1. The number of carbonyl (C=O) groups is 4. The fraction of sp³-hybridized carbons (Fsp3) is 0.0769. The molecular formula is C13H18N2O6. The molecule has 0 aliphatic heterocycles. The van der Waals surface area contributed by atoms with Crippen molar-refractivity contribution in [2.75, 3.05) is 0 Å². The second-order valence-corrected chi connectivity index (χ2v) is 2.93. The molecule has 0 aliphatic carbocycles. The first-order chi connectivity index (χ1) is 9.67. The van der Waals surface area contributed by atoms with E-state index in [2.05, 4.69) is 13.2 Å². The molecule has 0 atom stereocenters. The highest BCUT2D eigenvalue weighted by molar-refractivity contribution is 5.86. The second-order valence-electron chi connectivity index (χ2n) is 2.93. The van der Waals surface area contributed by atoms with Gasteiger partial charge in [0.1, 0.15) is 0 Å². The van der Waals surface area contributed by atoms with Crippen LogP contribution < -0.4 is 11.5 Å². The summed E-state index contributed by atoms with van der Waals surface area (Å²) in [5, 5.41) is 15.2. The number of carbonyl (C=O) groups excluding carboxylic acids is 2. The highest BCUT2D eigenvalue weighted by Crippen LogP contribution is 1.84. The molecule has 116 valence electrons. The van der Waals surface area contributed by atoms with Gasteiger partial charge >= 0.3 is 11.9 Å². The monoisotopic (exact) mass is 298 g/mol. The first-order valence-corrected chi connectivity index (χ1v) is 5.30. The molecule has 0 aliphatic rings. The van der Waals surface area contributed by atoms with Gasteiger partial charge < -0.3 is 21.7 Å². The van der Waals surface area contributed by atoms with Crippen molar-refractivity contribution >= 4 is 23.8 Å². The van der Waals surface area contributed by atoms with E-state index in [1.165, 1.54) is 12.2 Å². The summed E-state index contributed by atoms with van der Waals surface area (Å²) in [7, 11) is 0. The molecule has 0 aromatic rings. The molecule has 0 saturated heterocycles. The van der Waals surface area contributed by atoms with Crippen LogP contribution in [-0.4, -0.2) is 34.0 Å². The number of carboxylic acid groups (broad SMARTS) is 2. The zero-order valence-corrected chi connectivity index (χ0v) is 11.3. The average Bonchev–Trinajstić information content (AvgIpc) is 2.38. The molecule has 2 amide bonds. The maximum Gasteiger partial charge on any atom is 0.327 e. The molecule has 8 nitrogen and oxygen atoms in total. The minimum absolute atomic E-state index is 0.478. The summed E-state index contributed by atoms with van der Waals surface area (Å²) in [6.45, 7) is 5.92. The van der Waals surface area contributed by atoms with Crippen molar-refractivity contribution < 1.29 is 29.4 Å². The zero-order valence-electron chi connectivity index (χ0n) is 11.3. The van der Waals surface area contributed by atoms with Crippen molar-refractivity contribution in [3.63, 3.8) is 0 Å². The molecule has 0 fully saturated rings. The highest BCUT2D eigenvalue weighted by Gasteiger charge is 1.81. The lowest BCUT2D eigenvalue weighted by atomic mass is 10.3. The number of hydrogen-bond acceptors (Lipinski definition) is 4. The van der Waals surface area contributed by atoms with E-state index in [0.717, 1.165) is 12.2 Å². The Labute approximate surface area is 121 Å². The van der Waals surface area contributed by atoms with E-state index in [-0.39, 0.29) is 0 Å². The van der Waals surface area contributed by atoms with Gasteiger partial charge in [-0.1, -0.05) is 25.3 Å². The van der Waals surface area contributed by atoms with Crippen LogP contribution in [0.1, 0.15) is 6.42 Å². The normalized spacial score (nSPS) is 8.76. The molecule has 0 saturated carbocycles. The number of primary amides is 2. The fourth-order valence-electron chi connectivity index (χ4n) is 0.447. The first-order valence-electron chi connectivity index (χ1n) is 5.30. The van der Waals surface area contributed by atoms with Crippen LogP contribution in [0.5, 0.6) is 0 Å². The quantitative estimate of drug-likeness (QED) is 0.503. The molecule has 0 spiro atoms. The van der Waals surface area contributed by atoms with Gasteiger partial charge in [-0.2, -0.15) is 0 Å². The average molecular weight is 298 g/mol. The molecule has 0 heterocycles. The van der Waals surface area contributed by atoms with E-state index in [0.29, 0.717) is 6.42 Å². The van der Waals surface area contributed by atoms with Gasteiger partial charge in [-0.15, -0.1) is 0 Å². The zero-order chi connectivity index (χ0) is 17.3. The Hall–Kier alpha value is -3.16. The second kappa shape index (κ2) is 16.8. The Balaban J connectivity index is -0.000000270. The Bertz CT molecular complexity index is 398. The minimum atomic E-state index is -0.981. The lowest BCUT2D eigenvalue weighted by Crippen LogP contribution is -2.05. The Morgan fingerprint density at radius 1 is 0.810 bits per heavy atom. The fourth-order valence-corrected chi connectivity index (χ4v) is 0.447. The van der Waals surface area contributed by atoms with Gasteiger partial charge in [0.25, 0.3) is 0 Å². The predicted molar refractivity (Wildman–Crippen MR) is 77.0 cm³/mol. The number of carboxylic acids is 2. The van der Waals surface area contributed by atoms with Gasteiger partial charge in [0, 0.05) is 12.2 Å². The number of rotatable bonds is 6. The first kappa shape index (κ1) is 23.0. The third-order valence-electron chi connectivity index (χ3n) is 1.19. The maximum atomic E-state index is 10.1. The van der Waals surface area contributed by atoms with Gasteiger partial charge in [-0.3, -0.25) is 9.59 Å². The van der Waals surface area contributed by atoms with E-state index in [9.17, 15) is 19.2 Å². The number of nitrogens with two attached hydrogens (primary N) is 2. The molecule has 0 bridgehead atoms. The molecule has 8 heteroatoms. The summed E-state index contributed by atoms with van der Waals surface area (Å²) in [6.07, 6.45) is 7.69. The molecular weight excluding hydrogens is 280 g/mol. The molecule has 6 N–H and O–H groups in total. The number of allylic oxidation sites excluding steroid dienone is 2. The van der Waals surface area contributed by atoms with Gasteiger partial charge in [-0.05, 0) is 18.6 Å². The SMILES string of the molecule is C=CC(=O)O.C=CC(=O)O.NC(=O)C=CCC=CC(N)=O. The number of hydrogen-bond donors (Lipinski definition) is 4. The molecule has 0 aromatic carbocycles. The van der Waals surface area contributed by atoms with E-state index < -0.39 is 23.8 Å². The van der Waals surface area contributed by atoms with Crippen LogP contribution in [0.25, 0.3) is 0 Å². The Morgan fingerprint density at radius 3 is 1.19 bits per heavy atom. The van der Waals surface area contributed by atoms with Gasteiger partial charge in [0.05, 0.1) is 0 Å². The lowest BCUT2D eigenvalue weighted by molar-refractivity contribution is -0.132. The Morgan fingerprint density at radius 2 is 1.05 bits per heavy atom. The third kappa shape index (κ3) is 47.5. The summed E-state index contributed by atoms with van der Waals surface area (Å²) >= 11 is 0. The van der Waals surface area contributed by atoms with Crippen molar-refractivity contribution in [2.45, 2.75) is 6.42 Å². The standard InChI is InChI=1S/C7H10N2O2.2C3H4O2/c8-6(10)4-2-1-3-5-7(9)11;2*1-2-3(4)5/h2-5H,1H2,(H2,8,10)(H2,9,11);2*2H,1H2,(H,4,5). The van der Waals surface area contributed by atoms with Crippen molar-refractivity contribution in [2.24, 2.45) is 11.5 Å². The van der Waals surface area contributed by atoms with Crippen LogP contribution in [-0.2, 0) is 19.2 Å². The summed E-state index contributed by atoms with van der Waals surface area (Å²) in [4.78, 5) is 38.7. The minimum Gasteiger partial charge on any atom is -0.478 e.